The lowest BCUT2D eigenvalue weighted by atomic mass is 9.97. The van der Waals surface area contributed by atoms with Crippen LogP contribution in [0, 0.1) is 0 Å². The Kier molecular flexibility index (Phi) is 3.16. The number of nitrogens with zero attached hydrogens (tertiary/aromatic N) is 1. The SMILES string of the molecule is CC1CCc2c(Br)cc(Br)cc2N1C=O. The van der Waals surface area contributed by atoms with E-state index < -0.39 is 0 Å². The van der Waals surface area contributed by atoms with E-state index in [-0.39, 0.29) is 6.04 Å². The molecule has 1 aliphatic rings. The van der Waals surface area contributed by atoms with Gasteiger partial charge in [-0.05, 0) is 37.5 Å². The van der Waals surface area contributed by atoms with Gasteiger partial charge in [-0.15, -0.1) is 0 Å². The molecule has 0 N–H and O–H groups in total. The molecule has 2 rings (SSSR count). The molecule has 0 saturated carbocycles. The van der Waals surface area contributed by atoms with Crippen LogP contribution < -0.4 is 4.90 Å². The minimum Gasteiger partial charge on any atom is -0.312 e. The Bertz CT molecular complexity index is 406. The van der Waals surface area contributed by atoms with Gasteiger partial charge in [-0.1, -0.05) is 31.9 Å². The molecule has 0 bridgehead atoms. The van der Waals surface area contributed by atoms with Gasteiger partial charge >= 0.3 is 0 Å². The first-order valence-corrected chi connectivity index (χ1v) is 6.43. The molecule has 1 aromatic rings. The van der Waals surface area contributed by atoms with Crippen molar-refractivity contribution in [3.05, 3.63) is 26.6 Å². The fraction of sp³-hybridized carbons (Fsp3) is 0.364. The molecule has 1 unspecified atom stereocenters. The lowest BCUT2D eigenvalue weighted by Gasteiger charge is -2.32. The van der Waals surface area contributed by atoms with Crippen molar-refractivity contribution in [3.8, 4) is 0 Å². The van der Waals surface area contributed by atoms with E-state index >= 15 is 0 Å². The number of amides is 1. The summed E-state index contributed by atoms with van der Waals surface area (Å²) in [6, 6.07) is 4.32. The number of hydrogen-bond donors (Lipinski definition) is 0. The Labute approximate surface area is 106 Å². The van der Waals surface area contributed by atoms with Gasteiger partial charge in [0.05, 0.1) is 0 Å². The number of carbonyl (C=O) groups excluding carboxylic acids is 1. The van der Waals surface area contributed by atoms with E-state index in [2.05, 4.69) is 38.8 Å². The minimum atomic E-state index is 0.288. The second-order valence-corrected chi connectivity index (χ2v) is 5.56. The van der Waals surface area contributed by atoms with E-state index in [0.717, 1.165) is 33.9 Å². The highest BCUT2D eigenvalue weighted by molar-refractivity contribution is 9.11. The van der Waals surface area contributed by atoms with Crippen molar-refractivity contribution < 1.29 is 4.79 Å². The van der Waals surface area contributed by atoms with Crippen LogP contribution in [-0.4, -0.2) is 12.5 Å². The number of benzene rings is 1. The van der Waals surface area contributed by atoms with Gasteiger partial charge < -0.3 is 4.90 Å². The molecule has 80 valence electrons. The largest absolute Gasteiger partial charge is 0.312 e. The zero-order chi connectivity index (χ0) is 11.0. The summed E-state index contributed by atoms with van der Waals surface area (Å²) in [7, 11) is 0. The summed E-state index contributed by atoms with van der Waals surface area (Å²) in [5.74, 6) is 0. The highest BCUT2D eigenvalue weighted by Crippen LogP contribution is 2.37. The van der Waals surface area contributed by atoms with Crippen LogP contribution in [0.1, 0.15) is 18.9 Å². The molecule has 15 heavy (non-hydrogen) atoms. The molecule has 1 atom stereocenters. The minimum absolute atomic E-state index is 0.288. The molecule has 0 radical (unpaired) electrons. The van der Waals surface area contributed by atoms with Gasteiger partial charge in [0.15, 0.2) is 0 Å². The summed E-state index contributed by atoms with van der Waals surface area (Å²) in [5.41, 5.74) is 2.24. The number of halogens is 2. The maximum absolute atomic E-state index is 11.1. The van der Waals surface area contributed by atoms with E-state index in [9.17, 15) is 4.79 Å². The molecular formula is C11H11Br2NO. The summed E-state index contributed by atoms with van der Waals surface area (Å²) in [6.45, 7) is 2.08. The lowest BCUT2D eigenvalue weighted by molar-refractivity contribution is -0.107. The van der Waals surface area contributed by atoms with Crippen LogP contribution in [0.15, 0.2) is 21.1 Å². The van der Waals surface area contributed by atoms with Crippen LogP contribution in [0.25, 0.3) is 0 Å². The fourth-order valence-corrected chi connectivity index (χ4v) is 3.36. The van der Waals surface area contributed by atoms with Crippen LogP contribution in [0.5, 0.6) is 0 Å². The zero-order valence-corrected chi connectivity index (χ0v) is 11.5. The van der Waals surface area contributed by atoms with E-state index in [1.54, 1.807) is 4.90 Å². The third-order valence-corrected chi connectivity index (χ3v) is 3.98. The Balaban J connectivity index is 2.57. The standard InChI is InChI=1S/C11H11Br2NO/c1-7-2-3-9-10(13)4-8(12)5-11(9)14(7)6-15/h4-7H,2-3H2,1H3. The number of carbonyl (C=O) groups is 1. The molecule has 0 aromatic heterocycles. The summed E-state index contributed by atoms with van der Waals surface area (Å²) in [6.07, 6.45) is 2.96. The van der Waals surface area contributed by atoms with Gasteiger partial charge in [0.1, 0.15) is 0 Å². The van der Waals surface area contributed by atoms with Gasteiger partial charge in [-0.2, -0.15) is 0 Å². The first kappa shape index (κ1) is 11.1. The molecule has 1 heterocycles. The van der Waals surface area contributed by atoms with Crippen molar-refractivity contribution in [3.63, 3.8) is 0 Å². The van der Waals surface area contributed by atoms with Crippen molar-refractivity contribution in [2.45, 2.75) is 25.8 Å². The van der Waals surface area contributed by atoms with Gasteiger partial charge in [0, 0.05) is 20.7 Å². The number of hydrogen-bond acceptors (Lipinski definition) is 1. The van der Waals surface area contributed by atoms with E-state index in [4.69, 9.17) is 0 Å². The van der Waals surface area contributed by atoms with Crippen molar-refractivity contribution in [2.24, 2.45) is 0 Å². The molecule has 4 heteroatoms. The summed E-state index contributed by atoms with van der Waals surface area (Å²) in [4.78, 5) is 12.9. The van der Waals surface area contributed by atoms with Crippen LogP contribution in [0.4, 0.5) is 5.69 Å². The Morgan fingerprint density at radius 2 is 2.20 bits per heavy atom. The molecule has 1 amide bonds. The highest BCUT2D eigenvalue weighted by Gasteiger charge is 2.24. The molecule has 0 aliphatic carbocycles. The average Bonchev–Trinajstić information content (AvgIpc) is 2.17. The topological polar surface area (TPSA) is 20.3 Å². The average molecular weight is 333 g/mol. The van der Waals surface area contributed by atoms with Gasteiger partial charge in [-0.3, -0.25) is 4.79 Å². The molecule has 0 fully saturated rings. The van der Waals surface area contributed by atoms with Gasteiger partial charge in [0.2, 0.25) is 6.41 Å². The summed E-state index contributed by atoms with van der Waals surface area (Å²) >= 11 is 6.98. The first-order valence-electron chi connectivity index (χ1n) is 4.85. The smallest absolute Gasteiger partial charge is 0.214 e. The lowest BCUT2D eigenvalue weighted by Crippen LogP contribution is -2.36. The first-order chi connectivity index (χ1) is 7.13. The quantitative estimate of drug-likeness (QED) is 0.721. The monoisotopic (exact) mass is 331 g/mol. The zero-order valence-electron chi connectivity index (χ0n) is 8.34. The Morgan fingerprint density at radius 1 is 1.47 bits per heavy atom. The van der Waals surface area contributed by atoms with E-state index in [1.807, 2.05) is 12.1 Å². The van der Waals surface area contributed by atoms with E-state index in [1.165, 1.54) is 5.56 Å². The third kappa shape index (κ3) is 1.97. The van der Waals surface area contributed by atoms with Crippen LogP contribution >= 0.6 is 31.9 Å². The van der Waals surface area contributed by atoms with Crippen molar-refractivity contribution in [1.29, 1.82) is 0 Å². The van der Waals surface area contributed by atoms with Gasteiger partial charge in [-0.25, -0.2) is 0 Å². The maximum atomic E-state index is 11.1. The Morgan fingerprint density at radius 3 is 2.87 bits per heavy atom. The number of rotatable bonds is 1. The molecule has 0 saturated heterocycles. The highest BCUT2D eigenvalue weighted by atomic mass is 79.9. The predicted octanol–water partition coefficient (Wildman–Crippen LogP) is 3.51. The van der Waals surface area contributed by atoms with Gasteiger partial charge in [0.25, 0.3) is 0 Å². The second-order valence-electron chi connectivity index (χ2n) is 3.79. The third-order valence-electron chi connectivity index (χ3n) is 2.82. The van der Waals surface area contributed by atoms with Crippen LogP contribution in [0.3, 0.4) is 0 Å². The molecular weight excluding hydrogens is 322 g/mol. The van der Waals surface area contributed by atoms with Crippen LogP contribution in [0.2, 0.25) is 0 Å². The second kappa shape index (κ2) is 4.26. The van der Waals surface area contributed by atoms with Crippen LogP contribution in [-0.2, 0) is 11.2 Å². The number of anilines is 1. The fourth-order valence-electron chi connectivity index (χ4n) is 1.96. The molecule has 1 aliphatic heterocycles. The molecule has 2 nitrogen and oxygen atoms in total. The number of fused-ring (bicyclic) bond motifs is 1. The Hall–Kier alpha value is -0.350. The van der Waals surface area contributed by atoms with Crippen molar-refractivity contribution >= 4 is 44.0 Å². The maximum Gasteiger partial charge on any atom is 0.214 e. The molecule has 1 aromatic carbocycles. The molecule has 0 spiro atoms. The summed E-state index contributed by atoms with van der Waals surface area (Å²) in [5, 5.41) is 0. The normalized spacial score (nSPS) is 19.9. The van der Waals surface area contributed by atoms with Crippen molar-refractivity contribution in [2.75, 3.05) is 4.90 Å². The van der Waals surface area contributed by atoms with E-state index in [0.29, 0.717) is 0 Å². The predicted molar refractivity (Wildman–Crippen MR) is 68.2 cm³/mol. The van der Waals surface area contributed by atoms with Crippen molar-refractivity contribution in [1.82, 2.24) is 0 Å². The summed E-state index contributed by atoms with van der Waals surface area (Å²) < 4.78 is 2.07.